The standard InChI is InChI=1S/C21H25NO3S/c1-17-8-5-6-9-18(17)13-14-21(23)22-15-7-10-19(22)16-26(24,25)20-11-3-2-4-12-20/h2-6,8-9,11-12,19H,7,10,13-16H2,1H3. The summed E-state index contributed by atoms with van der Waals surface area (Å²) in [4.78, 5) is 14.8. The van der Waals surface area contributed by atoms with Crippen LogP contribution in [0.25, 0.3) is 0 Å². The molecule has 0 bridgehead atoms. The van der Waals surface area contributed by atoms with E-state index in [1.807, 2.05) is 31.2 Å². The second-order valence-electron chi connectivity index (χ2n) is 6.90. The Morgan fingerprint density at radius 2 is 1.77 bits per heavy atom. The van der Waals surface area contributed by atoms with E-state index in [4.69, 9.17) is 0 Å². The Bertz CT molecular complexity index is 862. The predicted octanol–water partition coefficient (Wildman–Crippen LogP) is 3.39. The summed E-state index contributed by atoms with van der Waals surface area (Å²) >= 11 is 0. The molecule has 2 aromatic rings. The molecular formula is C21H25NO3S. The normalized spacial score (nSPS) is 17.4. The van der Waals surface area contributed by atoms with E-state index in [1.54, 1.807) is 35.2 Å². The number of carbonyl (C=O) groups is 1. The quantitative estimate of drug-likeness (QED) is 0.782. The van der Waals surface area contributed by atoms with Crippen molar-refractivity contribution in [1.29, 1.82) is 0 Å². The fourth-order valence-electron chi connectivity index (χ4n) is 3.59. The topological polar surface area (TPSA) is 54.5 Å². The molecule has 1 saturated heterocycles. The van der Waals surface area contributed by atoms with Gasteiger partial charge in [-0.1, -0.05) is 42.5 Å². The average molecular weight is 372 g/mol. The highest BCUT2D eigenvalue weighted by Crippen LogP contribution is 2.23. The molecule has 1 amide bonds. The zero-order valence-electron chi connectivity index (χ0n) is 15.1. The number of amides is 1. The monoisotopic (exact) mass is 371 g/mol. The molecule has 3 rings (SSSR count). The third-order valence-corrected chi connectivity index (χ3v) is 6.90. The number of aryl methyl sites for hydroxylation is 2. The number of hydrogen-bond donors (Lipinski definition) is 0. The van der Waals surface area contributed by atoms with Gasteiger partial charge in [0.15, 0.2) is 9.84 Å². The van der Waals surface area contributed by atoms with Gasteiger partial charge in [0, 0.05) is 19.0 Å². The maximum Gasteiger partial charge on any atom is 0.223 e. The van der Waals surface area contributed by atoms with Crippen LogP contribution in [0.15, 0.2) is 59.5 Å². The van der Waals surface area contributed by atoms with Gasteiger partial charge in [0.05, 0.1) is 10.6 Å². The number of sulfone groups is 1. The van der Waals surface area contributed by atoms with Crippen molar-refractivity contribution >= 4 is 15.7 Å². The van der Waals surface area contributed by atoms with Crippen LogP contribution >= 0.6 is 0 Å². The van der Waals surface area contributed by atoms with Crippen molar-refractivity contribution in [3.05, 3.63) is 65.7 Å². The molecule has 2 aromatic carbocycles. The average Bonchev–Trinajstić information content (AvgIpc) is 3.09. The lowest BCUT2D eigenvalue weighted by Gasteiger charge is -2.25. The number of carbonyl (C=O) groups excluding carboxylic acids is 1. The van der Waals surface area contributed by atoms with Crippen LogP contribution in [-0.4, -0.2) is 37.6 Å². The maximum absolute atomic E-state index is 12.7. The summed E-state index contributed by atoms with van der Waals surface area (Å²) in [5.41, 5.74) is 2.36. The molecule has 1 atom stereocenters. The molecule has 0 aromatic heterocycles. The summed E-state index contributed by atoms with van der Waals surface area (Å²) in [6.07, 6.45) is 2.74. The molecule has 0 aliphatic carbocycles. The van der Waals surface area contributed by atoms with Crippen molar-refractivity contribution in [2.24, 2.45) is 0 Å². The summed E-state index contributed by atoms with van der Waals surface area (Å²) in [7, 11) is -3.38. The number of benzene rings is 2. The zero-order chi connectivity index (χ0) is 18.6. The van der Waals surface area contributed by atoms with Gasteiger partial charge < -0.3 is 4.90 Å². The summed E-state index contributed by atoms with van der Waals surface area (Å²) in [5.74, 6) is 0.0617. The van der Waals surface area contributed by atoms with Crippen LogP contribution in [0.5, 0.6) is 0 Å². The van der Waals surface area contributed by atoms with E-state index in [1.165, 1.54) is 11.1 Å². The van der Waals surface area contributed by atoms with Crippen molar-refractivity contribution in [2.45, 2.75) is 43.5 Å². The van der Waals surface area contributed by atoms with E-state index >= 15 is 0 Å². The molecule has 0 N–H and O–H groups in total. The Labute approximate surface area is 155 Å². The van der Waals surface area contributed by atoms with Crippen LogP contribution in [0.3, 0.4) is 0 Å². The van der Waals surface area contributed by atoms with Crippen molar-refractivity contribution < 1.29 is 13.2 Å². The van der Waals surface area contributed by atoms with Gasteiger partial charge in [-0.05, 0) is 49.4 Å². The molecule has 5 heteroatoms. The number of rotatable bonds is 6. The van der Waals surface area contributed by atoms with Gasteiger partial charge in [-0.3, -0.25) is 4.79 Å². The first kappa shape index (κ1) is 18.6. The summed E-state index contributed by atoms with van der Waals surface area (Å²) in [5, 5.41) is 0. The third kappa shape index (κ3) is 4.33. The molecule has 0 radical (unpaired) electrons. The molecule has 1 heterocycles. The minimum absolute atomic E-state index is 0.00706. The lowest BCUT2D eigenvalue weighted by molar-refractivity contribution is -0.131. The molecular weight excluding hydrogens is 346 g/mol. The first-order chi connectivity index (χ1) is 12.5. The van der Waals surface area contributed by atoms with E-state index in [0.717, 1.165) is 12.8 Å². The van der Waals surface area contributed by atoms with Gasteiger partial charge in [0.25, 0.3) is 0 Å². The molecule has 1 aliphatic heterocycles. The Balaban J connectivity index is 1.64. The molecule has 0 spiro atoms. The van der Waals surface area contributed by atoms with Crippen molar-refractivity contribution in [1.82, 2.24) is 4.90 Å². The third-order valence-electron chi connectivity index (χ3n) is 5.08. The number of nitrogens with zero attached hydrogens (tertiary/aromatic N) is 1. The van der Waals surface area contributed by atoms with Gasteiger partial charge in [0.2, 0.25) is 5.91 Å². The lowest BCUT2D eigenvalue weighted by atomic mass is 10.0. The molecule has 0 saturated carbocycles. The first-order valence-corrected chi connectivity index (χ1v) is 10.7. The van der Waals surface area contributed by atoms with Crippen LogP contribution in [0, 0.1) is 6.92 Å². The minimum atomic E-state index is -3.38. The van der Waals surface area contributed by atoms with Crippen LogP contribution in [0.2, 0.25) is 0 Å². The molecule has 26 heavy (non-hydrogen) atoms. The van der Waals surface area contributed by atoms with Crippen LogP contribution in [0.4, 0.5) is 0 Å². The van der Waals surface area contributed by atoms with Gasteiger partial charge in [-0.25, -0.2) is 8.42 Å². The van der Waals surface area contributed by atoms with E-state index < -0.39 is 9.84 Å². The Morgan fingerprint density at radius 3 is 2.50 bits per heavy atom. The largest absolute Gasteiger partial charge is 0.339 e. The molecule has 4 nitrogen and oxygen atoms in total. The van der Waals surface area contributed by atoms with Crippen molar-refractivity contribution in [3.63, 3.8) is 0 Å². The number of likely N-dealkylation sites (tertiary alicyclic amines) is 1. The molecule has 138 valence electrons. The molecule has 1 aliphatic rings. The van der Waals surface area contributed by atoms with E-state index in [-0.39, 0.29) is 17.7 Å². The second-order valence-corrected chi connectivity index (χ2v) is 8.94. The van der Waals surface area contributed by atoms with E-state index in [9.17, 15) is 13.2 Å². The predicted molar refractivity (Wildman–Crippen MR) is 103 cm³/mol. The van der Waals surface area contributed by atoms with Crippen LogP contribution in [0.1, 0.15) is 30.4 Å². The maximum atomic E-state index is 12.7. The highest BCUT2D eigenvalue weighted by atomic mass is 32.2. The Hall–Kier alpha value is -2.14. The summed E-state index contributed by atoms with van der Waals surface area (Å²) < 4.78 is 25.3. The van der Waals surface area contributed by atoms with Gasteiger partial charge >= 0.3 is 0 Å². The summed E-state index contributed by atoms with van der Waals surface area (Å²) in [6, 6.07) is 16.3. The van der Waals surface area contributed by atoms with Gasteiger partial charge in [-0.15, -0.1) is 0 Å². The summed E-state index contributed by atoms with van der Waals surface area (Å²) in [6.45, 7) is 2.70. The van der Waals surface area contributed by atoms with Gasteiger partial charge in [-0.2, -0.15) is 0 Å². The fourth-order valence-corrected chi connectivity index (χ4v) is 5.21. The zero-order valence-corrected chi connectivity index (χ0v) is 15.9. The number of hydrogen-bond acceptors (Lipinski definition) is 3. The highest BCUT2D eigenvalue weighted by molar-refractivity contribution is 7.91. The van der Waals surface area contributed by atoms with Crippen LogP contribution in [-0.2, 0) is 21.1 Å². The Kier molecular flexibility index (Phi) is 5.77. The van der Waals surface area contributed by atoms with E-state index in [2.05, 4.69) is 0 Å². The fraction of sp³-hybridized carbons (Fsp3) is 0.381. The minimum Gasteiger partial charge on any atom is -0.339 e. The first-order valence-electron chi connectivity index (χ1n) is 9.09. The molecule has 1 unspecified atom stereocenters. The van der Waals surface area contributed by atoms with Gasteiger partial charge in [0.1, 0.15) is 0 Å². The van der Waals surface area contributed by atoms with Crippen molar-refractivity contribution in [2.75, 3.05) is 12.3 Å². The Morgan fingerprint density at radius 1 is 1.08 bits per heavy atom. The molecule has 1 fully saturated rings. The highest BCUT2D eigenvalue weighted by Gasteiger charge is 2.32. The SMILES string of the molecule is Cc1ccccc1CCC(=O)N1CCCC1CS(=O)(=O)c1ccccc1. The van der Waals surface area contributed by atoms with Crippen molar-refractivity contribution in [3.8, 4) is 0 Å². The smallest absolute Gasteiger partial charge is 0.223 e. The second kappa shape index (κ2) is 8.04. The van der Waals surface area contributed by atoms with Crippen LogP contribution < -0.4 is 0 Å². The van der Waals surface area contributed by atoms with E-state index in [0.29, 0.717) is 24.3 Å². The lowest BCUT2D eigenvalue weighted by Crippen LogP contribution is -2.39.